The van der Waals surface area contributed by atoms with Crippen molar-refractivity contribution < 1.29 is 22.8 Å². The topological polar surface area (TPSA) is 49.4 Å². The lowest BCUT2D eigenvalue weighted by molar-refractivity contribution is -0.137. The van der Waals surface area contributed by atoms with E-state index in [-0.39, 0.29) is 18.4 Å². The van der Waals surface area contributed by atoms with Crippen LogP contribution in [0.3, 0.4) is 0 Å². The van der Waals surface area contributed by atoms with Crippen molar-refractivity contribution in [2.45, 2.75) is 32.0 Å². The van der Waals surface area contributed by atoms with Crippen LogP contribution >= 0.6 is 11.8 Å². The van der Waals surface area contributed by atoms with Crippen molar-refractivity contribution in [1.82, 2.24) is 10.2 Å². The molecule has 0 aromatic heterocycles. The van der Waals surface area contributed by atoms with Crippen molar-refractivity contribution in [2.24, 2.45) is 0 Å². The number of nitrogens with one attached hydrogen (secondary N) is 1. The van der Waals surface area contributed by atoms with Gasteiger partial charge in [0, 0.05) is 0 Å². The van der Waals surface area contributed by atoms with Gasteiger partial charge in [-0.3, -0.25) is 9.59 Å². The van der Waals surface area contributed by atoms with Crippen molar-refractivity contribution >= 4 is 23.6 Å². The fraction of sp³-hybridized carbons (Fsp3) is 0.500. The Morgan fingerprint density at radius 3 is 2.75 bits per heavy atom. The van der Waals surface area contributed by atoms with Gasteiger partial charge >= 0.3 is 6.18 Å². The molecule has 4 nitrogen and oxygen atoms in total. The molecule has 132 valence electrons. The van der Waals surface area contributed by atoms with Crippen molar-refractivity contribution in [1.29, 1.82) is 0 Å². The van der Waals surface area contributed by atoms with Gasteiger partial charge < -0.3 is 10.2 Å². The normalized spacial score (nSPS) is 16.3. The number of hydrogen-bond donors (Lipinski definition) is 1. The minimum Gasteiger partial charge on any atom is -0.348 e. The van der Waals surface area contributed by atoms with Crippen LogP contribution in [0.2, 0.25) is 0 Å². The number of halogens is 3. The first-order valence-electron chi connectivity index (χ1n) is 7.63. The van der Waals surface area contributed by atoms with Gasteiger partial charge in [-0.05, 0) is 24.1 Å². The maximum atomic E-state index is 12.9. The first-order valence-corrected chi connectivity index (χ1v) is 8.78. The quantitative estimate of drug-likeness (QED) is 0.848. The molecule has 1 N–H and O–H groups in total. The second-order valence-electron chi connectivity index (χ2n) is 5.60. The van der Waals surface area contributed by atoms with Gasteiger partial charge in [0.2, 0.25) is 11.8 Å². The van der Waals surface area contributed by atoms with Crippen LogP contribution in [0.15, 0.2) is 24.3 Å². The number of hydrogen-bond acceptors (Lipinski definition) is 3. The number of amides is 2. The summed E-state index contributed by atoms with van der Waals surface area (Å²) in [5.74, 6) is 0.371. The van der Waals surface area contributed by atoms with Gasteiger partial charge in [0.05, 0.1) is 23.2 Å². The van der Waals surface area contributed by atoms with Gasteiger partial charge in [0.25, 0.3) is 0 Å². The highest BCUT2D eigenvalue weighted by molar-refractivity contribution is 8.00. The summed E-state index contributed by atoms with van der Waals surface area (Å²) in [5.41, 5.74) is -0.316. The average molecular weight is 360 g/mol. The molecule has 1 fully saturated rings. The predicted octanol–water partition coefficient (Wildman–Crippen LogP) is 3.20. The van der Waals surface area contributed by atoms with E-state index in [2.05, 4.69) is 5.32 Å². The zero-order chi connectivity index (χ0) is 17.7. The van der Waals surface area contributed by atoms with Crippen LogP contribution in [-0.2, 0) is 15.8 Å². The number of benzene rings is 1. The fourth-order valence-electron chi connectivity index (χ4n) is 2.50. The lowest BCUT2D eigenvalue weighted by Crippen LogP contribution is -2.39. The van der Waals surface area contributed by atoms with Crippen LogP contribution in [-0.4, -0.2) is 34.9 Å². The van der Waals surface area contributed by atoms with Crippen LogP contribution in [0.5, 0.6) is 0 Å². The summed E-state index contributed by atoms with van der Waals surface area (Å²) in [6.45, 7) is 1.83. The van der Waals surface area contributed by atoms with Gasteiger partial charge in [-0.1, -0.05) is 25.5 Å². The molecule has 0 aliphatic carbocycles. The number of alkyl halides is 3. The molecule has 1 aromatic carbocycles. The molecule has 1 aliphatic heterocycles. The minimum absolute atomic E-state index is 0.0645. The third kappa shape index (κ3) is 4.90. The largest absolute Gasteiger partial charge is 0.416 e. The highest BCUT2D eigenvalue weighted by Crippen LogP contribution is 2.31. The van der Waals surface area contributed by atoms with E-state index in [1.54, 1.807) is 6.07 Å². The van der Waals surface area contributed by atoms with Crippen LogP contribution < -0.4 is 5.32 Å². The molecule has 0 spiro atoms. The maximum absolute atomic E-state index is 12.9. The third-order valence-electron chi connectivity index (χ3n) is 3.69. The molecular formula is C16H19F3N2O2S. The minimum atomic E-state index is -4.42. The molecule has 2 rings (SSSR count). The Morgan fingerprint density at radius 2 is 2.17 bits per heavy atom. The van der Waals surface area contributed by atoms with E-state index in [1.165, 1.54) is 22.7 Å². The molecule has 1 atom stereocenters. The second kappa shape index (κ2) is 7.92. The Kier molecular flexibility index (Phi) is 6.15. The zero-order valence-electron chi connectivity index (χ0n) is 13.2. The monoisotopic (exact) mass is 360 g/mol. The summed E-state index contributed by atoms with van der Waals surface area (Å²) in [4.78, 5) is 25.1. The number of rotatable bonds is 6. The molecule has 24 heavy (non-hydrogen) atoms. The molecule has 0 saturated carbocycles. The SMILES string of the molecule is CCCC(NC(=O)CN1CSCC1=O)c1cccc(C(F)(F)F)c1. The van der Waals surface area contributed by atoms with Crippen molar-refractivity contribution in [2.75, 3.05) is 18.2 Å². The van der Waals surface area contributed by atoms with Crippen LogP contribution in [0.4, 0.5) is 13.2 Å². The summed E-state index contributed by atoms with van der Waals surface area (Å²) in [5, 5.41) is 2.75. The Hall–Kier alpha value is -1.70. The molecule has 0 radical (unpaired) electrons. The molecule has 1 aromatic rings. The second-order valence-corrected chi connectivity index (χ2v) is 6.56. The number of carbonyl (C=O) groups is 2. The Morgan fingerprint density at radius 1 is 1.42 bits per heavy atom. The molecule has 8 heteroatoms. The zero-order valence-corrected chi connectivity index (χ0v) is 14.0. The lowest BCUT2D eigenvalue weighted by Gasteiger charge is -2.22. The van der Waals surface area contributed by atoms with Gasteiger partial charge in [-0.15, -0.1) is 11.8 Å². The van der Waals surface area contributed by atoms with Crippen molar-refractivity contribution in [3.05, 3.63) is 35.4 Å². The summed E-state index contributed by atoms with van der Waals surface area (Å²) in [6.07, 6.45) is -3.19. The van der Waals surface area contributed by atoms with E-state index in [0.717, 1.165) is 12.1 Å². The Labute approximate surface area is 142 Å². The molecule has 1 heterocycles. The molecule has 1 unspecified atom stereocenters. The summed E-state index contributed by atoms with van der Waals surface area (Å²) >= 11 is 1.43. The molecule has 1 aliphatic rings. The number of nitrogens with zero attached hydrogens (tertiary/aromatic N) is 1. The first-order chi connectivity index (χ1) is 11.3. The number of thioether (sulfide) groups is 1. The smallest absolute Gasteiger partial charge is 0.348 e. The molecule has 1 saturated heterocycles. The van der Waals surface area contributed by atoms with Crippen LogP contribution in [0.1, 0.15) is 36.9 Å². The van der Waals surface area contributed by atoms with Crippen molar-refractivity contribution in [3.63, 3.8) is 0 Å². The predicted molar refractivity (Wildman–Crippen MR) is 86.3 cm³/mol. The summed E-state index contributed by atoms with van der Waals surface area (Å²) in [7, 11) is 0. The highest BCUT2D eigenvalue weighted by atomic mass is 32.2. The maximum Gasteiger partial charge on any atom is 0.416 e. The van der Waals surface area contributed by atoms with Gasteiger partial charge in [-0.25, -0.2) is 0 Å². The Bertz CT molecular complexity index is 607. The fourth-order valence-corrected chi connectivity index (χ4v) is 3.40. The third-order valence-corrected chi connectivity index (χ3v) is 4.63. The lowest BCUT2D eigenvalue weighted by atomic mass is 10.00. The highest BCUT2D eigenvalue weighted by Gasteiger charge is 2.31. The van der Waals surface area contributed by atoms with E-state index in [9.17, 15) is 22.8 Å². The van der Waals surface area contributed by atoms with E-state index in [1.807, 2.05) is 6.92 Å². The molecule has 0 bridgehead atoms. The van der Waals surface area contributed by atoms with E-state index < -0.39 is 17.8 Å². The van der Waals surface area contributed by atoms with E-state index >= 15 is 0 Å². The standard InChI is InChI=1S/C16H19F3N2O2S/c1-2-4-13(11-5-3-6-12(7-11)16(17,18)19)20-14(22)8-21-10-24-9-15(21)23/h3,5-7,13H,2,4,8-10H2,1H3,(H,20,22). The van der Waals surface area contributed by atoms with Gasteiger partial charge in [0.15, 0.2) is 0 Å². The van der Waals surface area contributed by atoms with Crippen molar-refractivity contribution in [3.8, 4) is 0 Å². The summed E-state index contributed by atoms with van der Waals surface area (Å²) < 4.78 is 38.6. The molecule has 2 amide bonds. The van der Waals surface area contributed by atoms with Gasteiger partial charge in [-0.2, -0.15) is 13.2 Å². The van der Waals surface area contributed by atoms with E-state index in [0.29, 0.717) is 30.0 Å². The number of carbonyl (C=O) groups excluding carboxylic acids is 2. The van der Waals surface area contributed by atoms with Gasteiger partial charge in [0.1, 0.15) is 6.54 Å². The summed E-state index contributed by atoms with van der Waals surface area (Å²) in [6, 6.07) is 4.49. The average Bonchev–Trinajstić information content (AvgIpc) is 2.91. The van der Waals surface area contributed by atoms with Crippen LogP contribution in [0.25, 0.3) is 0 Å². The first kappa shape index (κ1) is 18.6. The Balaban J connectivity index is 2.08. The van der Waals surface area contributed by atoms with Crippen LogP contribution in [0, 0.1) is 0 Å². The molecular weight excluding hydrogens is 341 g/mol. The van der Waals surface area contributed by atoms with E-state index in [4.69, 9.17) is 0 Å².